The van der Waals surface area contributed by atoms with Crippen molar-refractivity contribution in [2.24, 2.45) is 5.92 Å². The topological polar surface area (TPSA) is 3.24 Å². The summed E-state index contributed by atoms with van der Waals surface area (Å²) in [4.78, 5) is 2.63. The van der Waals surface area contributed by atoms with Crippen LogP contribution in [0.2, 0.25) is 0 Å². The normalized spacial score (nSPS) is 40.5. The van der Waals surface area contributed by atoms with Crippen molar-refractivity contribution in [3.8, 4) is 0 Å². The molecule has 0 bridgehead atoms. The summed E-state index contributed by atoms with van der Waals surface area (Å²) in [6.07, 6.45) is 5.98. The maximum Gasteiger partial charge on any atom is 0.0136 e. The molecule has 0 spiro atoms. The van der Waals surface area contributed by atoms with Crippen LogP contribution in [0.5, 0.6) is 0 Å². The van der Waals surface area contributed by atoms with Crippen molar-refractivity contribution in [2.75, 3.05) is 13.1 Å². The van der Waals surface area contributed by atoms with Crippen LogP contribution in [0.25, 0.3) is 0 Å². The van der Waals surface area contributed by atoms with Crippen molar-refractivity contribution in [1.82, 2.24) is 4.90 Å². The van der Waals surface area contributed by atoms with Gasteiger partial charge in [-0.2, -0.15) is 0 Å². The number of nitrogens with zero attached hydrogens (tertiary/aromatic N) is 1. The monoisotopic (exact) mass is 139 g/mol. The Labute approximate surface area is 63.4 Å². The lowest BCUT2D eigenvalue weighted by molar-refractivity contribution is -0.00953. The fraction of sp³-hybridized carbons (Fsp3) is 1.00. The fourth-order valence-corrected chi connectivity index (χ4v) is 2.54. The molecule has 2 rings (SSSR count). The predicted molar refractivity (Wildman–Crippen MR) is 43.0 cm³/mol. The molecule has 0 unspecified atom stereocenters. The van der Waals surface area contributed by atoms with Gasteiger partial charge in [-0.1, -0.05) is 19.8 Å². The molecule has 0 aromatic heterocycles. The Morgan fingerprint density at radius 2 is 2.10 bits per heavy atom. The molecule has 0 radical (unpaired) electrons. The van der Waals surface area contributed by atoms with Gasteiger partial charge in [0, 0.05) is 12.6 Å². The van der Waals surface area contributed by atoms with Crippen molar-refractivity contribution in [2.45, 2.75) is 38.6 Å². The number of hydrogen-bond donors (Lipinski definition) is 0. The molecule has 0 aromatic rings. The van der Waals surface area contributed by atoms with Gasteiger partial charge in [0.25, 0.3) is 0 Å². The molecule has 0 amide bonds. The first-order chi connectivity index (χ1) is 4.92. The number of hydrogen-bond acceptors (Lipinski definition) is 1. The van der Waals surface area contributed by atoms with Gasteiger partial charge < -0.3 is 4.90 Å². The zero-order valence-electron chi connectivity index (χ0n) is 6.84. The molecule has 1 saturated carbocycles. The standard InChI is InChI=1S/C9H17N/c1-2-10-7-8-5-3-4-6-9(8)10/h8-9H,2-7H2,1H3/t8-,9-/m1/s1. The van der Waals surface area contributed by atoms with E-state index >= 15 is 0 Å². The number of rotatable bonds is 1. The van der Waals surface area contributed by atoms with E-state index in [0.29, 0.717) is 0 Å². The summed E-state index contributed by atoms with van der Waals surface area (Å²) in [6, 6.07) is 0.999. The lowest BCUT2D eigenvalue weighted by Crippen LogP contribution is -2.56. The van der Waals surface area contributed by atoms with Gasteiger partial charge in [0.1, 0.15) is 0 Å². The zero-order valence-corrected chi connectivity index (χ0v) is 6.84. The highest BCUT2D eigenvalue weighted by atomic mass is 15.2. The van der Waals surface area contributed by atoms with E-state index in [0.717, 1.165) is 12.0 Å². The van der Waals surface area contributed by atoms with E-state index in [-0.39, 0.29) is 0 Å². The molecule has 1 aliphatic carbocycles. The Morgan fingerprint density at radius 3 is 2.80 bits per heavy atom. The molecule has 1 heterocycles. The predicted octanol–water partition coefficient (Wildman–Crippen LogP) is 1.88. The molecule has 0 N–H and O–H groups in total. The average Bonchev–Trinajstić information content (AvgIpc) is 1.92. The molecule has 2 aliphatic rings. The Morgan fingerprint density at radius 1 is 1.30 bits per heavy atom. The van der Waals surface area contributed by atoms with Crippen LogP contribution in [0.1, 0.15) is 32.6 Å². The Hall–Kier alpha value is -0.0400. The second-order valence-electron chi connectivity index (χ2n) is 3.70. The van der Waals surface area contributed by atoms with E-state index in [1.54, 1.807) is 0 Å². The van der Waals surface area contributed by atoms with E-state index in [1.807, 2.05) is 0 Å². The van der Waals surface area contributed by atoms with Crippen LogP contribution >= 0.6 is 0 Å². The molecule has 2 atom stereocenters. The van der Waals surface area contributed by atoms with Crippen LogP contribution < -0.4 is 0 Å². The highest BCUT2D eigenvalue weighted by Gasteiger charge is 2.38. The van der Waals surface area contributed by atoms with Crippen molar-refractivity contribution in [3.63, 3.8) is 0 Å². The van der Waals surface area contributed by atoms with Gasteiger partial charge in [0.15, 0.2) is 0 Å². The quantitative estimate of drug-likeness (QED) is 0.536. The van der Waals surface area contributed by atoms with Gasteiger partial charge in [-0.15, -0.1) is 0 Å². The largest absolute Gasteiger partial charge is 0.300 e. The SMILES string of the molecule is CCN1C[C@H]2CCCC[C@H]21. The summed E-state index contributed by atoms with van der Waals surface area (Å²) in [5.41, 5.74) is 0. The third kappa shape index (κ3) is 0.878. The van der Waals surface area contributed by atoms with Crippen LogP contribution in [0.4, 0.5) is 0 Å². The number of fused-ring (bicyclic) bond motifs is 1. The van der Waals surface area contributed by atoms with Crippen molar-refractivity contribution >= 4 is 0 Å². The third-order valence-corrected chi connectivity index (χ3v) is 3.21. The number of likely N-dealkylation sites (tertiary alicyclic amines) is 1. The van der Waals surface area contributed by atoms with Crippen LogP contribution in [0.3, 0.4) is 0 Å². The molecular weight excluding hydrogens is 122 g/mol. The van der Waals surface area contributed by atoms with Crippen LogP contribution in [-0.4, -0.2) is 24.0 Å². The van der Waals surface area contributed by atoms with Crippen LogP contribution in [-0.2, 0) is 0 Å². The van der Waals surface area contributed by atoms with Crippen LogP contribution in [0, 0.1) is 5.92 Å². The van der Waals surface area contributed by atoms with Gasteiger partial charge in [-0.25, -0.2) is 0 Å². The molecule has 2 fully saturated rings. The van der Waals surface area contributed by atoms with E-state index in [2.05, 4.69) is 11.8 Å². The van der Waals surface area contributed by atoms with E-state index in [4.69, 9.17) is 0 Å². The second-order valence-corrected chi connectivity index (χ2v) is 3.70. The van der Waals surface area contributed by atoms with E-state index in [9.17, 15) is 0 Å². The molecule has 0 aromatic carbocycles. The summed E-state index contributed by atoms with van der Waals surface area (Å²) in [6.45, 7) is 4.97. The Kier molecular flexibility index (Phi) is 1.69. The Balaban J connectivity index is 1.89. The van der Waals surface area contributed by atoms with Crippen LogP contribution in [0.15, 0.2) is 0 Å². The molecular formula is C9H17N. The molecule has 1 nitrogen and oxygen atoms in total. The maximum atomic E-state index is 2.63. The highest BCUT2D eigenvalue weighted by Crippen LogP contribution is 2.36. The maximum absolute atomic E-state index is 2.63. The van der Waals surface area contributed by atoms with Gasteiger partial charge >= 0.3 is 0 Å². The molecule has 1 saturated heterocycles. The second kappa shape index (κ2) is 2.54. The first kappa shape index (κ1) is 6.66. The minimum absolute atomic E-state index is 0.999. The van der Waals surface area contributed by atoms with Gasteiger partial charge in [-0.3, -0.25) is 0 Å². The molecule has 1 aliphatic heterocycles. The van der Waals surface area contributed by atoms with E-state index in [1.165, 1.54) is 38.8 Å². The highest BCUT2D eigenvalue weighted by molar-refractivity contribution is 4.93. The first-order valence-corrected chi connectivity index (χ1v) is 4.66. The Bertz CT molecular complexity index is 118. The summed E-state index contributed by atoms with van der Waals surface area (Å²) in [5, 5.41) is 0. The zero-order chi connectivity index (χ0) is 6.97. The van der Waals surface area contributed by atoms with Gasteiger partial charge in [-0.05, 0) is 25.3 Å². The third-order valence-electron chi connectivity index (χ3n) is 3.21. The minimum Gasteiger partial charge on any atom is -0.300 e. The summed E-state index contributed by atoms with van der Waals surface area (Å²) in [5.74, 6) is 1.09. The molecule has 10 heavy (non-hydrogen) atoms. The van der Waals surface area contributed by atoms with E-state index < -0.39 is 0 Å². The van der Waals surface area contributed by atoms with Crippen molar-refractivity contribution in [1.29, 1.82) is 0 Å². The van der Waals surface area contributed by atoms with Gasteiger partial charge in [0.2, 0.25) is 0 Å². The lowest BCUT2D eigenvalue weighted by Gasteiger charge is -2.50. The molecule has 1 heteroatoms. The van der Waals surface area contributed by atoms with Gasteiger partial charge in [0.05, 0.1) is 0 Å². The summed E-state index contributed by atoms with van der Waals surface area (Å²) < 4.78 is 0. The first-order valence-electron chi connectivity index (χ1n) is 4.66. The van der Waals surface area contributed by atoms with Crippen molar-refractivity contribution in [3.05, 3.63) is 0 Å². The smallest absolute Gasteiger partial charge is 0.0136 e. The summed E-state index contributed by atoms with van der Waals surface area (Å²) >= 11 is 0. The minimum atomic E-state index is 0.999. The summed E-state index contributed by atoms with van der Waals surface area (Å²) in [7, 11) is 0. The molecule has 58 valence electrons. The fourth-order valence-electron chi connectivity index (χ4n) is 2.54. The average molecular weight is 139 g/mol. The lowest BCUT2D eigenvalue weighted by atomic mass is 9.77. The van der Waals surface area contributed by atoms with Crippen molar-refractivity contribution < 1.29 is 0 Å².